The van der Waals surface area contributed by atoms with Gasteiger partial charge in [-0.1, -0.05) is 51.1 Å². The van der Waals surface area contributed by atoms with E-state index in [9.17, 15) is 14.7 Å². The van der Waals surface area contributed by atoms with Crippen molar-refractivity contribution in [3.8, 4) is 5.75 Å². The summed E-state index contributed by atoms with van der Waals surface area (Å²) in [6.07, 6.45) is 7.23. The minimum absolute atomic E-state index is 0.0754. The number of piperidine rings is 1. The largest absolute Gasteiger partial charge is 0.496 e. The van der Waals surface area contributed by atoms with Gasteiger partial charge in [-0.2, -0.15) is 0 Å². The van der Waals surface area contributed by atoms with E-state index in [2.05, 4.69) is 65.0 Å². The molecule has 6 aliphatic rings. The molecule has 2 saturated heterocycles. The van der Waals surface area contributed by atoms with Gasteiger partial charge >= 0.3 is 17.9 Å². The maximum atomic E-state index is 15.4. The molecular formula is C47H60N4O8. The Hall–Kier alpha value is -4.39. The van der Waals surface area contributed by atoms with Crippen LogP contribution in [-0.2, 0) is 45.8 Å². The predicted octanol–water partition coefficient (Wildman–Crippen LogP) is 5.27. The van der Waals surface area contributed by atoms with Crippen molar-refractivity contribution in [2.45, 2.75) is 101 Å². The number of anilines is 1. The second-order valence-electron chi connectivity index (χ2n) is 18.8. The minimum atomic E-state index is -2.27. The summed E-state index contributed by atoms with van der Waals surface area (Å²) in [6.45, 7) is 12.1. The van der Waals surface area contributed by atoms with Gasteiger partial charge in [-0.15, -0.1) is 0 Å². The molecule has 1 aromatic heterocycles. The maximum absolute atomic E-state index is 15.4. The Morgan fingerprint density at radius 1 is 0.966 bits per heavy atom. The molecule has 12 nitrogen and oxygen atoms in total. The fourth-order valence-electron chi connectivity index (χ4n) is 13.8. The minimum Gasteiger partial charge on any atom is -0.496 e. The molecule has 2 bridgehead atoms. The quantitative estimate of drug-likeness (QED) is 0.184. The molecule has 0 amide bonds. The van der Waals surface area contributed by atoms with E-state index < -0.39 is 45.9 Å². The van der Waals surface area contributed by atoms with Crippen molar-refractivity contribution in [2.24, 2.45) is 16.7 Å². The smallest absolute Gasteiger partial charge is 0.344 e. The molecule has 3 aromatic rings. The number of hydrogen-bond acceptors (Lipinski definition) is 11. The zero-order valence-corrected chi connectivity index (χ0v) is 35.9. The molecule has 10 atom stereocenters. The Morgan fingerprint density at radius 3 is 2.42 bits per heavy atom. The molecule has 0 radical (unpaired) electrons. The van der Waals surface area contributed by atoms with Gasteiger partial charge in [0, 0.05) is 90.9 Å². The number of rotatable bonds is 7. The lowest BCUT2D eigenvalue weighted by Crippen LogP contribution is -2.81. The van der Waals surface area contributed by atoms with Gasteiger partial charge < -0.3 is 38.8 Å². The summed E-state index contributed by atoms with van der Waals surface area (Å²) in [5.74, 6) is -1.13. The molecule has 1 aliphatic carbocycles. The molecule has 1 spiro atoms. The molecule has 2 aromatic carbocycles. The summed E-state index contributed by atoms with van der Waals surface area (Å²) < 4.78 is 24.1. The van der Waals surface area contributed by atoms with Crippen LogP contribution in [0.4, 0.5) is 5.69 Å². The number of para-hydroxylation sites is 1. The van der Waals surface area contributed by atoms with E-state index in [0.29, 0.717) is 43.7 Å². The van der Waals surface area contributed by atoms with Crippen molar-refractivity contribution in [2.75, 3.05) is 66.0 Å². The lowest BCUT2D eigenvalue weighted by Gasteiger charge is -2.63. The number of ether oxygens (including phenoxy) is 4. The average molecular weight is 809 g/mol. The third-order valence-electron chi connectivity index (χ3n) is 16.0. The number of fused-ring (bicyclic) bond motifs is 6. The van der Waals surface area contributed by atoms with Crippen LogP contribution >= 0.6 is 0 Å². The highest BCUT2D eigenvalue weighted by Crippen LogP contribution is 2.68. The first-order valence-electron chi connectivity index (χ1n) is 21.5. The fraction of sp³-hybridized carbons (Fsp3) is 0.596. The van der Waals surface area contributed by atoms with Crippen molar-refractivity contribution in [1.82, 2.24) is 14.8 Å². The lowest BCUT2D eigenvalue weighted by atomic mass is 9.47. The van der Waals surface area contributed by atoms with Crippen LogP contribution in [0.3, 0.4) is 0 Å². The summed E-state index contributed by atoms with van der Waals surface area (Å²) >= 11 is 0. The first-order valence-corrected chi connectivity index (χ1v) is 21.5. The summed E-state index contributed by atoms with van der Waals surface area (Å²) in [5.41, 5.74) is -0.0343. The topological polar surface area (TPSA) is 134 Å². The van der Waals surface area contributed by atoms with Gasteiger partial charge in [-0.25, -0.2) is 4.79 Å². The first-order chi connectivity index (χ1) is 28.2. The molecule has 3 unspecified atom stereocenters. The zero-order valence-electron chi connectivity index (χ0n) is 35.9. The Morgan fingerprint density at radius 2 is 1.73 bits per heavy atom. The highest BCUT2D eigenvalue weighted by molar-refractivity contribution is 5.95. The van der Waals surface area contributed by atoms with Crippen molar-refractivity contribution in [3.63, 3.8) is 0 Å². The number of aromatic amines is 1. The summed E-state index contributed by atoms with van der Waals surface area (Å²) in [5, 5.41) is 14.4. The Balaban J connectivity index is 1.36. The van der Waals surface area contributed by atoms with Gasteiger partial charge in [0.2, 0.25) is 5.60 Å². The van der Waals surface area contributed by atoms with Gasteiger partial charge in [-0.3, -0.25) is 14.5 Å². The molecule has 2 N–H and O–H groups in total. The number of likely N-dealkylation sites (N-methyl/N-ethyl adjacent to an activating group) is 1. The molecule has 3 fully saturated rings. The summed E-state index contributed by atoms with van der Waals surface area (Å²) in [4.78, 5) is 53.6. The van der Waals surface area contributed by atoms with Crippen LogP contribution in [0.1, 0.15) is 82.2 Å². The number of esters is 3. The number of H-pyrrole nitrogens is 1. The van der Waals surface area contributed by atoms with Crippen LogP contribution in [0.2, 0.25) is 0 Å². The number of nitrogens with one attached hydrogen (secondary N) is 1. The maximum Gasteiger partial charge on any atom is 0.344 e. The molecule has 316 valence electrons. The van der Waals surface area contributed by atoms with Gasteiger partial charge in [0.15, 0.2) is 6.10 Å². The van der Waals surface area contributed by atoms with Gasteiger partial charge in [0.1, 0.15) is 11.2 Å². The molecule has 12 heteroatoms. The third kappa shape index (κ3) is 5.21. The van der Waals surface area contributed by atoms with Crippen LogP contribution in [0, 0.1) is 16.7 Å². The molecule has 6 heterocycles. The van der Waals surface area contributed by atoms with Crippen molar-refractivity contribution in [1.29, 1.82) is 0 Å². The number of nitrogens with zero attached hydrogens (tertiary/aromatic N) is 3. The van der Waals surface area contributed by atoms with Crippen LogP contribution in [0.25, 0.3) is 10.9 Å². The van der Waals surface area contributed by atoms with E-state index >= 15 is 4.79 Å². The van der Waals surface area contributed by atoms with Crippen molar-refractivity contribution < 1.29 is 38.4 Å². The predicted molar refractivity (Wildman–Crippen MR) is 224 cm³/mol. The summed E-state index contributed by atoms with van der Waals surface area (Å²) in [6, 6.07) is 11.3. The normalized spacial score (nSPS) is 37.0. The van der Waals surface area contributed by atoms with Crippen molar-refractivity contribution >= 4 is 34.5 Å². The van der Waals surface area contributed by atoms with Gasteiger partial charge in [0.05, 0.1) is 27.4 Å². The van der Waals surface area contributed by atoms with Crippen LogP contribution in [0.5, 0.6) is 5.75 Å². The number of carbonyl (C=O) groups is 3. The highest BCUT2D eigenvalue weighted by Gasteiger charge is 2.80. The molecule has 9 rings (SSSR count). The van der Waals surface area contributed by atoms with Crippen LogP contribution in [-0.4, -0.2) is 123 Å². The molecular weight excluding hydrogens is 749 g/mol. The number of hydrogen-bond donors (Lipinski definition) is 2. The van der Waals surface area contributed by atoms with E-state index in [1.807, 2.05) is 31.0 Å². The number of aromatic nitrogens is 1. The van der Waals surface area contributed by atoms with Crippen LogP contribution in [0.15, 0.2) is 48.6 Å². The molecule has 59 heavy (non-hydrogen) atoms. The highest BCUT2D eigenvalue weighted by atomic mass is 16.6. The number of aliphatic hydroxyl groups is 1. The van der Waals surface area contributed by atoms with Gasteiger partial charge in [0.25, 0.3) is 0 Å². The van der Waals surface area contributed by atoms with Crippen molar-refractivity contribution in [3.05, 3.63) is 70.9 Å². The van der Waals surface area contributed by atoms with E-state index in [4.69, 9.17) is 18.9 Å². The Kier molecular flexibility index (Phi) is 9.38. The van der Waals surface area contributed by atoms with E-state index in [1.165, 1.54) is 21.1 Å². The Bertz CT molecular complexity index is 2250. The van der Waals surface area contributed by atoms with Crippen LogP contribution < -0.4 is 9.64 Å². The second-order valence-corrected chi connectivity index (χ2v) is 18.8. The second kappa shape index (κ2) is 13.8. The SMILES string of the molecule is CC[C@]1(C)C[C@@H]2CN(CCc3c([nH]c4ccccc34)C(C(=O)OC)(c3cc4c(cc3OC)N(C)[C@H]3C(O)(C(=O)OC)[C@H](OC(C)=O)[C@]5(CC)C=CCN6CC[C@]43[C@@H]65)C2)C1. The molecule has 1 saturated carbocycles. The molecule has 5 aliphatic heterocycles. The standard InChI is InChI=1S/C47H60N4O8/c1-9-43(4)24-29-25-46(41(53)57-7,37-31(16-20-50(26-29)27-43)30-14-11-12-15-34(30)48-37)33-22-32-35(23-36(33)56-6)49(5)39-45(32)18-21-51-19-13-17-44(10-2,38(45)51)40(59-28(3)52)47(39,55)42(54)58-8/h11-15,17,22-23,29,38-40,48,55H,9-10,16,18-21,24-27H2,1-8H3/t29-,38-,39+,40+,43+,44+,45+,46?,47?/m0/s1. The average Bonchev–Trinajstić information content (AvgIpc) is 3.90. The van der Waals surface area contributed by atoms with Gasteiger partial charge in [-0.05, 0) is 79.7 Å². The fourth-order valence-corrected chi connectivity index (χ4v) is 13.8. The lowest BCUT2D eigenvalue weighted by molar-refractivity contribution is -0.228. The third-order valence-corrected chi connectivity index (χ3v) is 16.0. The van der Waals surface area contributed by atoms with E-state index in [1.54, 1.807) is 7.11 Å². The zero-order chi connectivity index (χ0) is 41.9. The number of methoxy groups -OCH3 is 3. The first kappa shape index (κ1) is 40.0. The number of benzene rings is 2. The summed E-state index contributed by atoms with van der Waals surface area (Å²) in [7, 11) is 6.29. The number of carbonyl (C=O) groups excluding carboxylic acids is 3. The van der Waals surface area contributed by atoms with E-state index in [-0.39, 0.29) is 23.3 Å². The van der Waals surface area contributed by atoms with E-state index in [0.717, 1.165) is 72.3 Å². The Labute approximate surface area is 347 Å². The monoisotopic (exact) mass is 808 g/mol.